The number of nitrogens with one attached hydrogen (secondary N) is 3. The van der Waals surface area contributed by atoms with E-state index in [1.165, 1.54) is 18.4 Å². The van der Waals surface area contributed by atoms with Crippen LogP contribution in [0.1, 0.15) is 51.5 Å². The fourth-order valence-electron chi connectivity index (χ4n) is 4.25. The number of aliphatic carboxylic acids is 1. The molecular weight excluding hydrogens is 460 g/mol. The van der Waals surface area contributed by atoms with Gasteiger partial charge in [0, 0.05) is 18.5 Å². The summed E-state index contributed by atoms with van der Waals surface area (Å²) >= 11 is 1.36. The zero-order valence-corrected chi connectivity index (χ0v) is 19.3. The molecule has 1 aliphatic heterocycles. The smallest absolute Gasteiger partial charge is 0.303 e. The van der Waals surface area contributed by atoms with Gasteiger partial charge in [-0.2, -0.15) is 0 Å². The van der Waals surface area contributed by atoms with Crippen LogP contribution in [0.2, 0.25) is 0 Å². The predicted octanol–water partition coefficient (Wildman–Crippen LogP) is 2.54. The molecule has 1 unspecified atom stereocenters. The van der Waals surface area contributed by atoms with Crippen molar-refractivity contribution in [2.75, 3.05) is 24.3 Å². The minimum absolute atomic E-state index is 0.0307. The first-order valence-corrected chi connectivity index (χ1v) is 11.6. The van der Waals surface area contributed by atoms with Crippen LogP contribution in [0.25, 0.3) is 0 Å². The standard InChI is InChI=1S/C23H24N4O6S/c1-24-21(22(32)25-9-12-5-6-16-15(7-12)26-18(29)11-33-16)27-23-14(10-28)20-13(8-19(30)31)3-2-4-17(20)34-23/h5-7,10,13H,2-4,8-9,11H2,1H3,(H,24,27)(H,25,32)(H,26,29)(H,30,31). The van der Waals surface area contributed by atoms with E-state index in [2.05, 4.69) is 20.9 Å². The number of aryl methyl sites for hydroxylation is 1. The van der Waals surface area contributed by atoms with Crippen molar-refractivity contribution >= 4 is 51.9 Å². The molecule has 2 heterocycles. The minimum Gasteiger partial charge on any atom is -0.482 e. The lowest BCUT2D eigenvalue weighted by Gasteiger charge is -2.21. The molecule has 1 aliphatic carbocycles. The lowest BCUT2D eigenvalue weighted by atomic mass is 9.83. The highest BCUT2D eigenvalue weighted by atomic mass is 32.1. The van der Waals surface area contributed by atoms with E-state index in [4.69, 9.17) is 4.74 Å². The van der Waals surface area contributed by atoms with Gasteiger partial charge >= 0.3 is 5.97 Å². The zero-order valence-electron chi connectivity index (χ0n) is 18.5. The quantitative estimate of drug-likeness (QED) is 0.280. The van der Waals surface area contributed by atoms with Crippen molar-refractivity contribution in [1.29, 1.82) is 0 Å². The molecule has 0 radical (unpaired) electrons. The number of carbonyl (C=O) groups excluding carboxylic acids is 3. The van der Waals surface area contributed by atoms with Gasteiger partial charge in [-0.3, -0.25) is 24.2 Å². The Hall–Kier alpha value is -3.73. The van der Waals surface area contributed by atoms with Crippen molar-refractivity contribution in [3.05, 3.63) is 39.8 Å². The number of rotatable bonds is 6. The van der Waals surface area contributed by atoms with Crippen molar-refractivity contribution < 1.29 is 29.0 Å². The van der Waals surface area contributed by atoms with Crippen LogP contribution in [0, 0.1) is 0 Å². The molecule has 2 aliphatic rings. The number of hydrogen-bond donors (Lipinski definition) is 4. The molecule has 1 atom stereocenters. The molecule has 0 fully saturated rings. The Morgan fingerprint density at radius 3 is 2.94 bits per heavy atom. The van der Waals surface area contributed by atoms with Gasteiger partial charge in [0.1, 0.15) is 10.8 Å². The summed E-state index contributed by atoms with van der Waals surface area (Å²) in [5, 5.41) is 18.2. The van der Waals surface area contributed by atoms with E-state index in [0.717, 1.165) is 28.8 Å². The molecule has 2 amide bonds. The second-order valence-corrected chi connectivity index (χ2v) is 9.14. The summed E-state index contributed by atoms with van der Waals surface area (Å²) in [4.78, 5) is 52.5. The van der Waals surface area contributed by atoms with E-state index < -0.39 is 11.9 Å². The molecule has 4 rings (SSSR count). The summed E-state index contributed by atoms with van der Waals surface area (Å²) in [5.74, 6) is -1.24. The van der Waals surface area contributed by atoms with E-state index in [1.807, 2.05) is 0 Å². The molecule has 1 aromatic carbocycles. The molecule has 0 spiro atoms. The van der Waals surface area contributed by atoms with Gasteiger partial charge in [0.05, 0.1) is 17.7 Å². The van der Waals surface area contributed by atoms with Crippen LogP contribution in [-0.2, 0) is 27.3 Å². The maximum atomic E-state index is 12.8. The average molecular weight is 485 g/mol. The second kappa shape index (κ2) is 10.0. The van der Waals surface area contributed by atoms with E-state index in [0.29, 0.717) is 34.7 Å². The lowest BCUT2D eigenvalue weighted by molar-refractivity contribution is -0.137. The molecule has 0 saturated heterocycles. The number of benzene rings is 1. The molecular formula is C23H24N4O6S. The molecule has 2 aromatic rings. The first kappa shape index (κ1) is 23.4. The van der Waals surface area contributed by atoms with Gasteiger partial charge < -0.3 is 25.8 Å². The largest absolute Gasteiger partial charge is 0.482 e. The third kappa shape index (κ3) is 4.93. The highest BCUT2D eigenvalue weighted by molar-refractivity contribution is 7.17. The number of aldehydes is 1. The Morgan fingerprint density at radius 1 is 1.38 bits per heavy atom. The summed E-state index contributed by atoms with van der Waals surface area (Å²) in [6.45, 7) is 0.155. The predicted molar refractivity (Wildman–Crippen MR) is 127 cm³/mol. The number of amidine groups is 1. The minimum atomic E-state index is -0.904. The van der Waals surface area contributed by atoms with Crippen LogP contribution in [0.4, 0.5) is 10.7 Å². The number of carbonyl (C=O) groups is 4. The van der Waals surface area contributed by atoms with Gasteiger partial charge in [0.15, 0.2) is 18.7 Å². The number of ether oxygens (including phenoxy) is 1. The first-order chi connectivity index (χ1) is 16.4. The van der Waals surface area contributed by atoms with Gasteiger partial charge in [-0.1, -0.05) is 6.07 Å². The average Bonchev–Trinajstić information content (AvgIpc) is 3.18. The van der Waals surface area contributed by atoms with Gasteiger partial charge in [-0.25, -0.2) is 0 Å². The van der Waals surface area contributed by atoms with Crippen LogP contribution in [0.3, 0.4) is 0 Å². The monoisotopic (exact) mass is 484 g/mol. The molecule has 0 bridgehead atoms. The number of fused-ring (bicyclic) bond motifs is 2. The number of carboxylic acids is 1. The van der Waals surface area contributed by atoms with Gasteiger partial charge in [-0.15, -0.1) is 11.3 Å². The summed E-state index contributed by atoms with van der Waals surface area (Å²) in [6.07, 6.45) is 3.00. The van der Waals surface area contributed by atoms with Crippen LogP contribution in [-0.4, -0.2) is 48.7 Å². The number of thiophene rings is 1. The Kier molecular flexibility index (Phi) is 6.92. The fraction of sp³-hybridized carbons (Fsp3) is 0.348. The van der Waals surface area contributed by atoms with Crippen LogP contribution >= 0.6 is 11.3 Å². The fourth-order valence-corrected chi connectivity index (χ4v) is 5.54. The molecule has 4 N–H and O–H groups in total. The number of anilines is 2. The van der Waals surface area contributed by atoms with E-state index in [-0.39, 0.29) is 37.2 Å². The Labute approximate surface area is 199 Å². The van der Waals surface area contributed by atoms with Crippen molar-refractivity contribution in [2.45, 2.75) is 38.1 Å². The molecule has 11 heteroatoms. The Bertz CT molecular complexity index is 1190. The summed E-state index contributed by atoms with van der Waals surface area (Å²) in [7, 11) is 1.47. The van der Waals surface area contributed by atoms with Gasteiger partial charge in [0.25, 0.3) is 11.8 Å². The first-order valence-electron chi connectivity index (χ1n) is 10.8. The number of carboxylic acid groups (broad SMARTS) is 1. The second-order valence-electron chi connectivity index (χ2n) is 8.03. The number of hydrogen-bond acceptors (Lipinski definition) is 7. The Morgan fingerprint density at radius 2 is 2.21 bits per heavy atom. The third-order valence-electron chi connectivity index (χ3n) is 5.76. The third-order valence-corrected chi connectivity index (χ3v) is 6.96. The van der Waals surface area contributed by atoms with Crippen molar-refractivity contribution in [1.82, 2.24) is 5.32 Å². The van der Waals surface area contributed by atoms with E-state index >= 15 is 0 Å². The van der Waals surface area contributed by atoms with E-state index in [9.17, 15) is 24.3 Å². The molecule has 34 heavy (non-hydrogen) atoms. The number of nitrogens with zero attached hydrogens (tertiary/aromatic N) is 1. The number of amides is 2. The lowest BCUT2D eigenvalue weighted by Crippen LogP contribution is -2.35. The Balaban J connectivity index is 1.46. The SMILES string of the molecule is CN=C(Nc1sc2c(c1C=O)C(CC(=O)O)CCC2)C(=O)NCc1ccc2c(c1)NC(=O)CO2. The van der Waals surface area contributed by atoms with Crippen molar-refractivity contribution in [3.63, 3.8) is 0 Å². The molecule has 0 saturated carbocycles. The maximum Gasteiger partial charge on any atom is 0.303 e. The zero-order chi connectivity index (χ0) is 24.2. The maximum absolute atomic E-state index is 12.8. The highest BCUT2D eigenvalue weighted by Gasteiger charge is 2.30. The van der Waals surface area contributed by atoms with Crippen LogP contribution in [0.15, 0.2) is 23.2 Å². The summed E-state index contributed by atoms with van der Waals surface area (Å²) < 4.78 is 5.33. The van der Waals surface area contributed by atoms with Gasteiger partial charge in [0.2, 0.25) is 0 Å². The molecule has 1 aromatic heterocycles. The van der Waals surface area contributed by atoms with Crippen LogP contribution < -0.4 is 20.7 Å². The topological polar surface area (TPSA) is 146 Å². The molecule has 178 valence electrons. The van der Waals surface area contributed by atoms with Crippen molar-refractivity contribution in [2.24, 2.45) is 4.99 Å². The highest BCUT2D eigenvalue weighted by Crippen LogP contribution is 2.44. The van der Waals surface area contributed by atoms with Gasteiger partial charge in [-0.05, 0) is 48.4 Å². The summed E-state index contributed by atoms with van der Waals surface area (Å²) in [5.41, 5.74) is 2.46. The summed E-state index contributed by atoms with van der Waals surface area (Å²) in [6, 6.07) is 5.24. The van der Waals surface area contributed by atoms with Crippen molar-refractivity contribution in [3.8, 4) is 5.75 Å². The van der Waals surface area contributed by atoms with E-state index in [1.54, 1.807) is 18.2 Å². The molecule has 10 nitrogen and oxygen atoms in total. The number of aliphatic imine (C=N–C) groups is 1. The van der Waals surface area contributed by atoms with Crippen LogP contribution in [0.5, 0.6) is 5.75 Å². The normalized spacial score (nSPS) is 17.0.